The van der Waals surface area contributed by atoms with E-state index in [0.717, 1.165) is 60.9 Å². The SMILES string of the molecule is c1ccc2c(c1)oc1c2c2ccccc2n1-c1ccc2oc3ccc(-n4c5ccccc5c5ccccc54)cc3c2c1. The number of furan rings is 2. The molecule has 0 atom stereocenters. The van der Waals surface area contributed by atoms with Crippen LogP contribution in [-0.2, 0) is 0 Å². The maximum absolute atomic E-state index is 6.49. The van der Waals surface area contributed by atoms with E-state index < -0.39 is 0 Å². The van der Waals surface area contributed by atoms with Gasteiger partial charge in [-0.2, -0.15) is 0 Å². The third kappa shape index (κ3) is 2.80. The molecule has 0 N–H and O–H groups in total. The molecule has 0 bridgehead atoms. The zero-order chi connectivity index (χ0) is 27.4. The molecule has 0 aliphatic rings. The van der Waals surface area contributed by atoms with Crippen LogP contribution >= 0.6 is 0 Å². The third-order valence-corrected chi connectivity index (χ3v) is 8.73. The van der Waals surface area contributed by atoms with Crippen molar-refractivity contribution in [2.24, 2.45) is 0 Å². The van der Waals surface area contributed by atoms with Gasteiger partial charge in [0, 0.05) is 43.7 Å². The number of para-hydroxylation sites is 4. The summed E-state index contributed by atoms with van der Waals surface area (Å²) in [6.45, 7) is 0. The number of fused-ring (bicyclic) bond motifs is 11. The van der Waals surface area contributed by atoms with Crippen molar-refractivity contribution in [3.05, 3.63) is 133 Å². The molecule has 4 heterocycles. The number of nitrogens with zero attached hydrogens (tertiary/aromatic N) is 2. The van der Waals surface area contributed by atoms with Gasteiger partial charge in [0.2, 0.25) is 5.71 Å². The Hall–Kier alpha value is -5.74. The predicted octanol–water partition coefficient (Wildman–Crippen LogP) is 10.5. The standard InChI is InChI=1S/C38H22N2O2/c1-5-13-31-25(9-1)26-10-2-6-14-32(26)39(31)23-17-19-35-29(21-23)30-22-24(18-20-36(30)41-35)40-33-15-7-3-11-27(33)37-28-12-4-8-16-34(28)42-38(37)40/h1-22H. The quantitative estimate of drug-likeness (QED) is 0.219. The molecular weight excluding hydrogens is 516 g/mol. The lowest BCUT2D eigenvalue weighted by atomic mass is 10.1. The summed E-state index contributed by atoms with van der Waals surface area (Å²) in [5.74, 6) is 0. The molecular formula is C38H22N2O2. The maximum Gasteiger partial charge on any atom is 0.213 e. The van der Waals surface area contributed by atoms with Crippen LogP contribution in [-0.4, -0.2) is 9.13 Å². The Bertz CT molecular complexity index is 2640. The van der Waals surface area contributed by atoms with Crippen LogP contribution in [0.2, 0.25) is 0 Å². The van der Waals surface area contributed by atoms with Crippen molar-refractivity contribution in [2.75, 3.05) is 0 Å². The molecule has 4 heteroatoms. The topological polar surface area (TPSA) is 36.1 Å². The van der Waals surface area contributed by atoms with E-state index in [1.54, 1.807) is 0 Å². The van der Waals surface area contributed by atoms with Crippen molar-refractivity contribution in [3.63, 3.8) is 0 Å². The molecule has 4 nitrogen and oxygen atoms in total. The Morgan fingerprint density at radius 3 is 1.48 bits per heavy atom. The summed E-state index contributed by atoms with van der Waals surface area (Å²) in [5, 5.41) is 8.13. The van der Waals surface area contributed by atoms with Gasteiger partial charge in [0.25, 0.3) is 0 Å². The Morgan fingerprint density at radius 2 is 0.833 bits per heavy atom. The Morgan fingerprint density at radius 1 is 0.357 bits per heavy atom. The molecule has 10 aromatic rings. The number of hydrogen-bond acceptors (Lipinski definition) is 2. The first kappa shape index (κ1) is 22.0. The fourth-order valence-corrected chi connectivity index (χ4v) is 6.93. The van der Waals surface area contributed by atoms with Crippen LogP contribution in [0.15, 0.2) is 142 Å². The van der Waals surface area contributed by atoms with Crippen LogP contribution in [0.25, 0.3) is 88.1 Å². The van der Waals surface area contributed by atoms with Crippen molar-refractivity contribution < 1.29 is 8.83 Å². The number of hydrogen-bond donors (Lipinski definition) is 0. The summed E-state index contributed by atoms with van der Waals surface area (Å²) >= 11 is 0. The first-order chi connectivity index (χ1) is 20.8. The van der Waals surface area contributed by atoms with Gasteiger partial charge in [0.05, 0.1) is 21.9 Å². The van der Waals surface area contributed by atoms with Crippen molar-refractivity contribution in [1.29, 1.82) is 0 Å². The molecule has 4 aromatic heterocycles. The fraction of sp³-hybridized carbons (Fsp3) is 0. The van der Waals surface area contributed by atoms with Crippen LogP contribution in [0.3, 0.4) is 0 Å². The summed E-state index contributed by atoms with van der Waals surface area (Å²) in [4.78, 5) is 0. The second-order valence-electron chi connectivity index (χ2n) is 11.0. The van der Waals surface area contributed by atoms with Crippen LogP contribution < -0.4 is 0 Å². The minimum atomic E-state index is 0.857. The van der Waals surface area contributed by atoms with E-state index in [-0.39, 0.29) is 0 Å². The first-order valence-electron chi connectivity index (χ1n) is 14.2. The molecule has 42 heavy (non-hydrogen) atoms. The van der Waals surface area contributed by atoms with Gasteiger partial charge in [-0.1, -0.05) is 72.8 Å². The van der Waals surface area contributed by atoms with Crippen molar-refractivity contribution >= 4 is 76.7 Å². The van der Waals surface area contributed by atoms with Gasteiger partial charge in [-0.25, -0.2) is 0 Å². The largest absolute Gasteiger partial charge is 0.456 e. The second-order valence-corrected chi connectivity index (χ2v) is 11.0. The second kappa shape index (κ2) is 7.93. The molecule has 0 unspecified atom stereocenters. The van der Waals surface area contributed by atoms with E-state index in [1.165, 1.54) is 27.2 Å². The van der Waals surface area contributed by atoms with E-state index in [2.05, 4.69) is 130 Å². The van der Waals surface area contributed by atoms with E-state index in [4.69, 9.17) is 8.83 Å². The molecule has 196 valence electrons. The maximum atomic E-state index is 6.49. The van der Waals surface area contributed by atoms with Gasteiger partial charge in [-0.3, -0.25) is 4.57 Å². The third-order valence-electron chi connectivity index (χ3n) is 8.73. The Kier molecular flexibility index (Phi) is 4.15. The van der Waals surface area contributed by atoms with Gasteiger partial charge >= 0.3 is 0 Å². The fourth-order valence-electron chi connectivity index (χ4n) is 6.93. The highest BCUT2D eigenvalue weighted by atomic mass is 16.3. The molecule has 6 aromatic carbocycles. The number of rotatable bonds is 2. The smallest absolute Gasteiger partial charge is 0.213 e. The minimum absolute atomic E-state index is 0.857. The van der Waals surface area contributed by atoms with Crippen LogP contribution in [0.5, 0.6) is 0 Å². The van der Waals surface area contributed by atoms with Gasteiger partial charge < -0.3 is 13.4 Å². The van der Waals surface area contributed by atoms with Crippen LogP contribution in [0.1, 0.15) is 0 Å². The van der Waals surface area contributed by atoms with E-state index in [0.29, 0.717) is 0 Å². The minimum Gasteiger partial charge on any atom is -0.456 e. The van der Waals surface area contributed by atoms with Gasteiger partial charge in [0.1, 0.15) is 16.7 Å². The lowest BCUT2D eigenvalue weighted by molar-refractivity contribution is 0.645. The molecule has 0 amide bonds. The molecule has 0 spiro atoms. The molecule has 0 radical (unpaired) electrons. The van der Waals surface area contributed by atoms with Gasteiger partial charge in [0.15, 0.2) is 0 Å². The van der Waals surface area contributed by atoms with Crippen LogP contribution in [0, 0.1) is 0 Å². The van der Waals surface area contributed by atoms with Crippen molar-refractivity contribution in [3.8, 4) is 11.4 Å². The highest BCUT2D eigenvalue weighted by Crippen LogP contribution is 2.41. The van der Waals surface area contributed by atoms with Crippen molar-refractivity contribution in [2.45, 2.75) is 0 Å². The molecule has 0 saturated heterocycles. The lowest BCUT2D eigenvalue weighted by Gasteiger charge is -2.08. The highest BCUT2D eigenvalue weighted by molar-refractivity contribution is 6.20. The van der Waals surface area contributed by atoms with E-state index >= 15 is 0 Å². The van der Waals surface area contributed by atoms with Crippen LogP contribution in [0.4, 0.5) is 0 Å². The zero-order valence-corrected chi connectivity index (χ0v) is 22.4. The monoisotopic (exact) mass is 538 g/mol. The Labute approximate surface area is 239 Å². The molecule has 0 aliphatic heterocycles. The highest BCUT2D eigenvalue weighted by Gasteiger charge is 2.20. The van der Waals surface area contributed by atoms with E-state index in [9.17, 15) is 0 Å². The summed E-state index contributed by atoms with van der Waals surface area (Å²) in [5.41, 5.74) is 9.15. The lowest BCUT2D eigenvalue weighted by Crippen LogP contribution is -1.93. The molecule has 0 aliphatic carbocycles. The summed E-state index contributed by atoms with van der Waals surface area (Å²) in [7, 11) is 0. The molecule has 0 fully saturated rings. The zero-order valence-electron chi connectivity index (χ0n) is 22.4. The predicted molar refractivity (Wildman–Crippen MR) is 172 cm³/mol. The molecule has 0 saturated carbocycles. The molecule has 10 rings (SSSR count). The average Bonchev–Trinajstić information content (AvgIpc) is 3.77. The van der Waals surface area contributed by atoms with E-state index in [1.807, 2.05) is 12.1 Å². The van der Waals surface area contributed by atoms with Crippen molar-refractivity contribution in [1.82, 2.24) is 9.13 Å². The van der Waals surface area contributed by atoms with Gasteiger partial charge in [-0.15, -0.1) is 0 Å². The number of benzene rings is 6. The summed E-state index contributed by atoms with van der Waals surface area (Å²) in [6, 6.07) is 47.0. The average molecular weight is 539 g/mol. The number of aromatic nitrogens is 2. The first-order valence-corrected chi connectivity index (χ1v) is 14.2. The normalized spacial score (nSPS) is 12.3. The summed E-state index contributed by atoms with van der Waals surface area (Å²) < 4.78 is 17.4. The Balaban J connectivity index is 1.25. The van der Waals surface area contributed by atoms with Gasteiger partial charge in [-0.05, 0) is 60.7 Å². The summed E-state index contributed by atoms with van der Waals surface area (Å²) in [6.07, 6.45) is 0.